The molecule has 2 rings (SSSR count). The first-order chi connectivity index (χ1) is 10.4. The Morgan fingerprint density at radius 1 is 0.864 bits per heavy atom. The van der Waals surface area contributed by atoms with E-state index in [1.54, 1.807) is 12.1 Å². The van der Waals surface area contributed by atoms with E-state index < -0.39 is 12.6 Å². The van der Waals surface area contributed by atoms with Crippen molar-refractivity contribution in [3.8, 4) is 0 Å². The lowest BCUT2D eigenvalue weighted by molar-refractivity contribution is 0.0475. The quantitative estimate of drug-likeness (QED) is 0.410. The molecule has 2 aromatic carbocycles. The normalized spacial score (nSPS) is 10.4. The van der Waals surface area contributed by atoms with E-state index in [9.17, 15) is 9.59 Å². The van der Waals surface area contributed by atoms with E-state index in [1.165, 1.54) is 24.3 Å². The molecule has 114 valence electrons. The van der Waals surface area contributed by atoms with Gasteiger partial charge in [-0.1, -0.05) is 46.4 Å². The van der Waals surface area contributed by atoms with Crippen molar-refractivity contribution < 1.29 is 14.3 Å². The van der Waals surface area contributed by atoms with Crippen LogP contribution in [0.25, 0.3) is 0 Å². The van der Waals surface area contributed by atoms with Gasteiger partial charge in [-0.3, -0.25) is 4.79 Å². The molecule has 22 heavy (non-hydrogen) atoms. The summed E-state index contributed by atoms with van der Waals surface area (Å²) in [5.74, 6) is -1.20. The zero-order valence-electron chi connectivity index (χ0n) is 10.9. The fourth-order valence-corrected chi connectivity index (χ4v) is 2.44. The lowest BCUT2D eigenvalue weighted by Gasteiger charge is -2.08. The standard InChI is InChI=1S/C15H8Cl4O3/c16-9-3-1-8(2-4-9)12(20)7-22-15(21)13-10(17)5-6-11(18)14(13)19/h1-6H,7H2. The number of hydrogen-bond acceptors (Lipinski definition) is 3. The van der Waals surface area contributed by atoms with Crippen LogP contribution >= 0.6 is 46.4 Å². The molecule has 0 aliphatic carbocycles. The van der Waals surface area contributed by atoms with E-state index in [2.05, 4.69) is 0 Å². The number of rotatable bonds is 4. The molecule has 0 N–H and O–H groups in total. The van der Waals surface area contributed by atoms with Crippen molar-refractivity contribution in [2.24, 2.45) is 0 Å². The second-order valence-corrected chi connectivity index (χ2v) is 5.85. The molecule has 0 aliphatic rings. The Balaban J connectivity index is 2.09. The van der Waals surface area contributed by atoms with Crippen molar-refractivity contribution in [1.29, 1.82) is 0 Å². The maximum Gasteiger partial charge on any atom is 0.341 e. The number of benzene rings is 2. The zero-order valence-corrected chi connectivity index (χ0v) is 13.9. The van der Waals surface area contributed by atoms with Gasteiger partial charge in [0.25, 0.3) is 0 Å². The summed E-state index contributed by atoms with van der Waals surface area (Å²) < 4.78 is 4.94. The summed E-state index contributed by atoms with van der Waals surface area (Å²) in [5, 5.41) is 0.754. The van der Waals surface area contributed by atoms with Crippen molar-refractivity contribution >= 4 is 58.2 Å². The van der Waals surface area contributed by atoms with Gasteiger partial charge in [0.2, 0.25) is 0 Å². The summed E-state index contributed by atoms with van der Waals surface area (Å²) in [5.41, 5.74) is 0.306. The highest BCUT2D eigenvalue weighted by molar-refractivity contribution is 6.46. The van der Waals surface area contributed by atoms with E-state index in [0.29, 0.717) is 10.6 Å². The summed E-state index contributed by atoms with van der Waals surface area (Å²) in [6.07, 6.45) is 0. The Hall–Kier alpha value is -1.26. The second kappa shape index (κ2) is 7.34. The maximum atomic E-state index is 12.0. The number of ketones is 1. The third-order valence-corrected chi connectivity index (χ3v) is 4.12. The maximum absolute atomic E-state index is 12.0. The van der Waals surface area contributed by atoms with Crippen LogP contribution < -0.4 is 0 Å². The number of ether oxygens (including phenoxy) is 1. The number of halogens is 4. The van der Waals surface area contributed by atoms with Gasteiger partial charge < -0.3 is 4.74 Å². The lowest BCUT2D eigenvalue weighted by atomic mass is 10.1. The molecule has 3 nitrogen and oxygen atoms in total. The number of Topliss-reactive ketones (excluding diaryl/α,β-unsaturated/α-hetero) is 1. The predicted molar refractivity (Wildman–Crippen MR) is 87.5 cm³/mol. The fraction of sp³-hybridized carbons (Fsp3) is 0.0667. The van der Waals surface area contributed by atoms with Crippen LogP contribution in [0.1, 0.15) is 20.7 Å². The molecule has 7 heteroatoms. The molecule has 0 atom stereocenters. The molecule has 0 saturated heterocycles. The van der Waals surface area contributed by atoms with Gasteiger partial charge in [-0.15, -0.1) is 0 Å². The van der Waals surface area contributed by atoms with Gasteiger partial charge in [0.15, 0.2) is 12.4 Å². The summed E-state index contributed by atoms with van der Waals surface area (Å²) in [6, 6.07) is 9.10. The van der Waals surface area contributed by atoms with Gasteiger partial charge >= 0.3 is 5.97 Å². The third-order valence-electron chi connectivity index (χ3n) is 2.75. The predicted octanol–water partition coefficient (Wildman–Crippen LogP) is 5.34. The van der Waals surface area contributed by atoms with E-state index in [1.807, 2.05) is 0 Å². The minimum absolute atomic E-state index is 0.0156. The highest BCUT2D eigenvalue weighted by Crippen LogP contribution is 2.31. The molecule has 0 bridgehead atoms. The summed E-state index contributed by atoms with van der Waals surface area (Å²) in [7, 11) is 0. The van der Waals surface area contributed by atoms with Gasteiger partial charge in [0.1, 0.15) is 0 Å². The zero-order chi connectivity index (χ0) is 16.3. The summed E-state index contributed by atoms with van der Waals surface area (Å²) in [6.45, 7) is -0.445. The molecule has 0 heterocycles. The van der Waals surface area contributed by atoms with Crippen molar-refractivity contribution in [1.82, 2.24) is 0 Å². The Kier molecular flexibility index (Phi) is 5.70. The van der Waals surface area contributed by atoms with Crippen LogP contribution in [0.5, 0.6) is 0 Å². The average Bonchev–Trinajstić information content (AvgIpc) is 2.49. The fourth-order valence-electron chi connectivity index (χ4n) is 1.64. The Bertz CT molecular complexity index is 726. The smallest absolute Gasteiger partial charge is 0.341 e. The lowest BCUT2D eigenvalue weighted by Crippen LogP contribution is -2.15. The molecular formula is C15H8Cl4O3. The minimum Gasteiger partial charge on any atom is -0.454 e. The molecule has 0 aromatic heterocycles. The van der Waals surface area contributed by atoms with Crippen LogP contribution in [0.3, 0.4) is 0 Å². The minimum atomic E-state index is -0.820. The first-order valence-corrected chi connectivity index (χ1v) is 7.50. The van der Waals surface area contributed by atoms with Gasteiger partial charge in [0.05, 0.1) is 20.6 Å². The van der Waals surface area contributed by atoms with Gasteiger partial charge in [-0.05, 0) is 36.4 Å². The molecule has 0 spiro atoms. The van der Waals surface area contributed by atoms with E-state index in [0.717, 1.165) is 0 Å². The van der Waals surface area contributed by atoms with Crippen molar-refractivity contribution in [2.75, 3.05) is 6.61 Å². The first-order valence-electron chi connectivity index (χ1n) is 5.99. The topological polar surface area (TPSA) is 43.4 Å². The van der Waals surface area contributed by atoms with Crippen LogP contribution in [0, 0.1) is 0 Å². The van der Waals surface area contributed by atoms with Crippen LogP contribution in [-0.2, 0) is 4.74 Å². The van der Waals surface area contributed by atoms with Crippen molar-refractivity contribution in [3.63, 3.8) is 0 Å². The van der Waals surface area contributed by atoms with Crippen LogP contribution in [0.4, 0.5) is 0 Å². The first kappa shape index (κ1) is 17.1. The number of hydrogen-bond donors (Lipinski definition) is 0. The van der Waals surface area contributed by atoms with E-state index in [4.69, 9.17) is 51.1 Å². The molecule has 2 aromatic rings. The molecule has 0 saturated carbocycles. The molecule has 0 aliphatic heterocycles. The van der Waals surface area contributed by atoms with Gasteiger partial charge in [-0.25, -0.2) is 4.79 Å². The Morgan fingerprint density at radius 3 is 2.09 bits per heavy atom. The van der Waals surface area contributed by atoms with E-state index in [-0.39, 0.29) is 26.4 Å². The monoisotopic (exact) mass is 376 g/mol. The Labute approximate surface area is 146 Å². The third kappa shape index (κ3) is 3.93. The number of carbonyl (C=O) groups is 2. The highest BCUT2D eigenvalue weighted by Gasteiger charge is 2.20. The van der Waals surface area contributed by atoms with Gasteiger partial charge in [0, 0.05) is 10.6 Å². The SMILES string of the molecule is O=C(COC(=O)c1c(Cl)ccc(Cl)c1Cl)c1ccc(Cl)cc1. The van der Waals surface area contributed by atoms with Crippen LogP contribution in [0.15, 0.2) is 36.4 Å². The van der Waals surface area contributed by atoms with Crippen molar-refractivity contribution in [2.45, 2.75) is 0 Å². The number of carbonyl (C=O) groups excluding carboxylic acids is 2. The van der Waals surface area contributed by atoms with E-state index >= 15 is 0 Å². The second-order valence-electron chi connectivity index (χ2n) is 4.22. The summed E-state index contributed by atoms with van der Waals surface area (Å²) >= 11 is 23.4. The molecular weight excluding hydrogens is 370 g/mol. The highest BCUT2D eigenvalue weighted by atomic mass is 35.5. The molecule has 0 amide bonds. The Morgan fingerprint density at radius 2 is 1.45 bits per heavy atom. The van der Waals surface area contributed by atoms with Crippen molar-refractivity contribution in [3.05, 3.63) is 67.6 Å². The molecule has 0 radical (unpaired) electrons. The van der Waals surface area contributed by atoms with Gasteiger partial charge in [-0.2, -0.15) is 0 Å². The van der Waals surface area contributed by atoms with Crippen LogP contribution in [0.2, 0.25) is 20.1 Å². The van der Waals surface area contributed by atoms with Crippen LogP contribution in [-0.4, -0.2) is 18.4 Å². The molecule has 0 unspecified atom stereocenters. The largest absolute Gasteiger partial charge is 0.454 e. The molecule has 0 fully saturated rings. The average molecular weight is 378 g/mol. The summed E-state index contributed by atoms with van der Waals surface area (Å²) in [4.78, 5) is 23.9. The number of esters is 1.